The number of aryl methyl sites for hydroxylation is 2. The molecule has 1 heterocycles. The summed E-state index contributed by atoms with van der Waals surface area (Å²) in [5.74, 6) is 0.327. The number of fused-ring (bicyclic) bond motifs is 1. The van der Waals surface area contributed by atoms with Crippen LogP contribution in [-0.4, -0.2) is 35.9 Å². The van der Waals surface area contributed by atoms with Crippen LogP contribution >= 0.6 is 0 Å². The molecule has 1 aromatic heterocycles. The van der Waals surface area contributed by atoms with Gasteiger partial charge in [0.1, 0.15) is 0 Å². The van der Waals surface area contributed by atoms with Crippen LogP contribution in [0.4, 0.5) is 0 Å². The number of carbonyl (C=O) groups excluding carboxylic acids is 1. The molecule has 1 aliphatic rings. The number of hydrogen-bond donors (Lipinski definition) is 0. The highest BCUT2D eigenvalue weighted by atomic mass is 16.1. The highest BCUT2D eigenvalue weighted by Gasteiger charge is 2.22. The van der Waals surface area contributed by atoms with Crippen molar-refractivity contribution >= 4 is 5.78 Å². The molecule has 0 atom stereocenters. The molecule has 0 spiro atoms. The number of carbonyl (C=O) groups is 1. The zero-order chi connectivity index (χ0) is 11.7. The first-order chi connectivity index (χ1) is 7.59. The summed E-state index contributed by atoms with van der Waals surface area (Å²) in [6.07, 6.45) is 2.80. The van der Waals surface area contributed by atoms with E-state index in [9.17, 15) is 4.79 Å². The Morgan fingerprint density at radius 2 is 2.12 bits per heavy atom. The molecule has 88 valence electrons. The van der Waals surface area contributed by atoms with Crippen molar-refractivity contribution in [3.05, 3.63) is 23.0 Å². The van der Waals surface area contributed by atoms with Crippen molar-refractivity contribution in [2.75, 3.05) is 20.6 Å². The molecule has 3 nitrogen and oxygen atoms in total. The van der Waals surface area contributed by atoms with Crippen LogP contribution in [0, 0.1) is 6.92 Å². The molecule has 0 saturated heterocycles. The van der Waals surface area contributed by atoms with Crippen LogP contribution < -0.4 is 0 Å². The number of aromatic nitrogens is 1. The monoisotopic (exact) mass is 220 g/mol. The van der Waals surface area contributed by atoms with Gasteiger partial charge < -0.3 is 9.47 Å². The predicted octanol–water partition coefficient (Wildman–Crippen LogP) is 1.88. The van der Waals surface area contributed by atoms with Crippen molar-refractivity contribution in [3.63, 3.8) is 0 Å². The Hall–Kier alpha value is -1.09. The minimum absolute atomic E-state index is 0.327. The molecule has 0 saturated carbocycles. The molecule has 0 radical (unpaired) electrons. The molecule has 0 aliphatic heterocycles. The topological polar surface area (TPSA) is 25.2 Å². The van der Waals surface area contributed by atoms with Gasteiger partial charge in [-0.1, -0.05) is 0 Å². The molecule has 0 unspecified atom stereocenters. The molecule has 0 aromatic carbocycles. The van der Waals surface area contributed by atoms with E-state index in [0.717, 1.165) is 38.0 Å². The Morgan fingerprint density at radius 1 is 1.38 bits per heavy atom. The number of nitrogens with zero attached hydrogens (tertiary/aromatic N) is 2. The first kappa shape index (κ1) is 11.4. The van der Waals surface area contributed by atoms with Crippen molar-refractivity contribution in [1.82, 2.24) is 9.47 Å². The van der Waals surface area contributed by atoms with Gasteiger partial charge in [-0.15, -0.1) is 0 Å². The van der Waals surface area contributed by atoms with Gasteiger partial charge in [-0.05, 0) is 45.5 Å². The number of hydrogen-bond acceptors (Lipinski definition) is 2. The molecule has 0 fully saturated rings. The molecular formula is C13H20N2O. The summed E-state index contributed by atoms with van der Waals surface area (Å²) >= 11 is 0. The lowest BCUT2D eigenvalue weighted by Gasteiger charge is -2.17. The molecule has 0 bridgehead atoms. The van der Waals surface area contributed by atoms with Crippen LogP contribution in [0.3, 0.4) is 0 Å². The van der Waals surface area contributed by atoms with Crippen LogP contribution in [0.25, 0.3) is 0 Å². The van der Waals surface area contributed by atoms with Gasteiger partial charge >= 0.3 is 0 Å². The van der Waals surface area contributed by atoms with Crippen molar-refractivity contribution in [2.24, 2.45) is 0 Å². The number of likely N-dealkylation sites (N-methyl/N-ethyl adjacent to an activating group) is 1. The average molecular weight is 220 g/mol. The van der Waals surface area contributed by atoms with E-state index in [1.165, 1.54) is 11.3 Å². The minimum Gasteiger partial charge on any atom is -0.341 e. The summed E-state index contributed by atoms with van der Waals surface area (Å²) in [7, 11) is 4.13. The third-order valence-corrected chi connectivity index (χ3v) is 3.27. The molecule has 16 heavy (non-hydrogen) atoms. The van der Waals surface area contributed by atoms with Gasteiger partial charge in [0.25, 0.3) is 0 Å². The normalized spacial score (nSPS) is 15.6. The molecule has 3 heteroatoms. The summed E-state index contributed by atoms with van der Waals surface area (Å²) in [5, 5.41) is 0. The van der Waals surface area contributed by atoms with Gasteiger partial charge in [-0.3, -0.25) is 4.79 Å². The third kappa shape index (κ3) is 2.05. The molecule has 1 aromatic rings. The van der Waals surface area contributed by atoms with Gasteiger partial charge in [0, 0.05) is 25.2 Å². The first-order valence-electron chi connectivity index (χ1n) is 5.96. The fourth-order valence-electron chi connectivity index (χ4n) is 2.41. The predicted molar refractivity (Wildman–Crippen MR) is 65.0 cm³/mol. The highest BCUT2D eigenvalue weighted by molar-refractivity contribution is 5.97. The van der Waals surface area contributed by atoms with E-state index in [1.54, 1.807) is 0 Å². The summed E-state index contributed by atoms with van der Waals surface area (Å²) in [6.45, 7) is 4.00. The van der Waals surface area contributed by atoms with E-state index < -0.39 is 0 Å². The zero-order valence-corrected chi connectivity index (χ0v) is 10.4. The lowest BCUT2D eigenvalue weighted by molar-refractivity contribution is 0.0962. The van der Waals surface area contributed by atoms with Crippen LogP contribution in [0.1, 0.15) is 34.6 Å². The Balaban J connectivity index is 2.29. The van der Waals surface area contributed by atoms with Gasteiger partial charge in [0.05, 0.1) is 5.69 Å². The Kier molecular flexibility index (Phi) is 3.15. The molecule has 2 rings (SSSR count). The van der Waals surface area contributed by atoms with E-state index in [0.29, 0.717) is 5.78 Å². The lowest BCUT2D eigenvalue weighted by atomic mass is 9.97. The number of ketones is 1. The van der Waals surface area contributed by atoms with Crippen molar-refractivity contribution in [2.45, 2.75) is 32.7 Å². The van der Waals surface area contributed by atoms with Crippen molar-refractivity contribution in [3.8, 4) is 0 Å². The third-order valence-electron chi connectivity index (χ3n) is 3.27. The molecular weight excluding hydrogens is 200 g/mol. The maximum atomic E-state index is 11.9. The van der Waals surface area contributed by atoms with E-state index in [2.05, 4.69) is 36.6 Å². The van der Waals surface area contributed by atoms with Gasteiger partial charge in [-0.25, -0.2) is 0 Å². The van der Waals surface area contributed by atoms with E-state index in [1.807, 2.05) is 0 Å². The Labute approximate surface area is 97.1 Å². The second kappa shape index (κ2) is 4.42. The van der Waals surface area contributed by atoms with E-state index in [4.69, 9.17) is 0 Å². The summed E-state index contributed by atoms with van der Waals surface area (Å²) in [4.78, 5) is 14.1. The standard InChI is InChI=1S/C13H20N2O/c1-10-9-11-5-4-6-12(16)13(11)15(10)8-7-14(2)3/h9H,4-8H2,1-3H3. The van der Waals surface area contributed by atoms with Crippen molar-refractivity contribution in [1.29, 1.82) is 0 Å². The molecule has 0 amide bonds. The quantitative estimate of drug-likeness (QED) is 0.777. The Bertz CT molecular complexity index is 404. The van der Waals surface area contributed by atoms with Gasteiger partial charge in [0.2, 0.25) is 0 Å². The highest BCUT2D eigenvalue weighted by Crippen LogP contribution is 2.24. The lowest BCUT2D eigenvalue weighted by Crippen LogP contribution is -2.22. The fraction of sp³-hybridized carbons (Fsp3) is 0.615. The largest absolute Gasteiger partial charge is 0.341 e. The van der Waals surface area contributed by atoms with Crippen LogP contribution in [0.2, 0.25) is 0 Å². The second-order valence-corrected chi connectivity index (χ2v) is 4.89. The minimum atomic E-state index is 0.327. The molecule has 1 aliphatic carbocycles. The van der Waals surface area contributed by atoms with Crippen LogP contribution in [0.5, 0.6) is 0 Å². The number of Topliss-reactive ketones (excluding diaryl/α,β-unsaturated/α-hetero) is 1. The van der Waals surface area contributed by atoms with E-state index >= 15 is 0 Å². The maximum Gasteiger partial charge on any atom is 0.179 e. The summed E-state index contributed by atoms with van der Waals surface area (Å²) in [5.41, 5.74) is 3.46. The Morgan fingerprint density at radius 3 is 2.81 bits per heavy atom. The van der Waals surface area contributed by atoms with Crippen molar-refractivity contribution < 1.29 is 4.79 Å². The maximum absolute atomic E-state index is 11.9. The van der Waals surface area contributed by atoms with E-state index in [-0.39, 0.29) is 0 Å². The average Bonchev–Trinajstić information content (AvgIpc) is 2.52. The van der Waals surface area contributed by atoms with Gasteiger partial charge in [0.15, 0.2) is 5.78 Å². The van der Waals surface area contributed by atoms with Gasteiger partial charge in [-0.2, -0.15) is 0 Å². The summed E-state index contributed by atoms with van der Waals surface area (Å²) in [6, 6.07) is 2.18. The van der Waals surface area contributed by atoms with Crippen LogP contribution in [0.15, 0.2) is 6.07 Å². The SMILES string of the molecule is Cc1cc2c(n1CCN(C)C)C(=O)CCC2. The summed E-state index contributed by atoms with van der Waals surface area (Å²) < 4.78 is 2.19. The van der Waals surface area contributed by atoms with Crippen LogP contribution in [-0.2, 0) is 13.0 Å². The molecule has 0 N–H and O–H groups in total. The smallest absolute Gasteiger partial charge is 0.179 e. The zero-order valence-electron chi connectivity index (χ0n) is 10.4. The fourth-order valence-corrected chi connectivity index (χ4v) is 2.41. The second-order valence-electron chi connectivity index (χ2n) is 4.89. The number of rotatable bonds is 3. The first-order valence-corrected chi connectivity index (χ1v) is 5.96.